The minimum atomic E-state index is -1.05. The van der Waals surface area contributed by atoms with E-state index in [1.807, 2.05) is 0 Å². The van der Waals surface area contributed by atoms with Crippen LogP contribution in [0.1, 0.15) is 32.6 Å². The number of esters is 1. The molecule has 0 aliphatic carbocycles. The average molecular weight is 356 g/mol. The molecule has 0 aromatic carbocycles. The first kappa shape index (κ1) is 22.1. The fourth-order valence-corrected chi connectivity index (χ4v) is 1.83. The Morgan fingerprint density at radius 3 is 2.44 bits per heavy atom. The minimum absolute atomic E-state index is 0.0522. The van der Waals surface area contributed by atoms with E-state index >= 15 is 0 Å². The number of aliphatic imine (C=N–C) groups is 1. The summed E-state index contributed by atoms with van der Waals surface area (Å²) in [7, 11) is 1.18. The number of aliphatic carboxylic acids is 1. The van der Waals surface area contributed by atoms with Gasteiger partial charge in [0.2, 0.25) is 11.8 Å². The number of rotatable bonds is 11. The normalized spacial score (nSPS) is 13.3. The molecule has 0 saturated carbocycles. The first-order valence-electron chi connectivity index (χ1n) is 7.51. The molecular weight excluding hydrogens is 332 g/mol. The Bertz CT molecular complexity index is 546. The van der Waals surface area contributed by atoms with Gasteiger partial charge in [-0.05, 0) is 20.1 Å². The van der Waals surface area contributed by atoms with Crippen LogP contribution >= 0.6 is 0 Å². The molecular formula is C15H24N4O6. The maximum atomic E-state index is 12.3. The summed E-state index contributed by atoms with van der Waals surface area (Å²) < 4.78 is 4.51. The summed E-state index contributed by atoms with van der Waals surface area (Å²) in [6, 6.07) is -1.96. The summed E-state index contributed by atoms with van der Waals surface area (Å²) in [6.45, 7) is 4.67. The fraction of sp³-hybridized carbons (Fsp3) is 0.533. The number of nitrogens with zero attached hydrogens (tertiary/aromatic N) is 1. The van der Waals surface area contributed by atoms with Crippen LogP contribution in [0.25, 0.3) is 0 Å². The van der Waals surface area contributed by atoms with Crippen molar-refractivity contribution < 1.29 is 29.0 Å². The van der Waals surface area contributed by atoms with E-state index in [9.17, 15) is 19.2 Å². The van der Waals surface area contributed by atoms with Gasteiger partial charge >= 0.3 is 11.9 Å². The van der Waals surface area contributed by atoms with Gasteiger partial charge in [-0.2, -0.15) is 0 Å². The van der Waals surface area contributed by atoms with Crippen molar-refractivity contribution in [3.8, 4) is 0 Å². The minimum Gasteiger partial charge on any atom is -0.481 e. The van der Waals surface area contributed by atoms with Crippen molar-refractivity contribution in [1.82, 2.24) is 10.6 Å². The Kier molecular flexibility index (Phi) is 10.2. The summed E-state index contributed by atoms with van der Waals surface area (Å²) in [6.07, 6.45) is 1.09. The summed E-state index contributed by atoms with van der Waals surface area (Å²) in [5, 5.41) is 13.4. The maximum absolute atomic E-state index is 12.3. The van der Waals surface area contributed by atoms with Gasteiger partial charge < -0.3 is 26.2 Å². The number of amides is 2. The van der Waals surface area contributed by atoms with Gasteiger partial charge in [-0.1, -0.05) is 0 Å². The van der Waals surface area contributed by atoms with Gasteiger partial charge in [0.1, 0.15) is 12.1 Å². The van der Waals surface area contributed by atoms with Crippen molar-refractivity contribution >= 4 is 30.5 Å². The van der Waals surface area contributed by atoms with Crippen LogP contribution in [0.3, 0.4) is 0 Å². The molecule has 2 amide bonds. The number of carboxylic acid groups (broad SMARTS) is 1. The summed E-state index contributed by atoms with van der Waals surface area (Å²) in [5.41, 5.74) is 5.88. The zero-order valence-electron chi connectivity index (χ0n) is 14.3. The second-order valence-corrected chi connectivity index (χ2v) is 5.21. The van der Waals surface area contributed by atoms with Gasteiger partial charge in [-0.15, -0.1) is 0 Å². The molecule has 25 heavy (non-hydrogen) atoms. The smallest absolute Gasteiger partial charge is 0.328 e. The van der Waals surface area contributed by atoms with Crippen molar-refractivity contribution in [2.75, 3.05) is 7.11 Å². The van der Waals surface area contributed by atoms with Crippen molar-refractivity contribution in [2.24, 2.45) is 10.7 Å². The van der Waals surface area contributed by atoms with E-state index in [-0.39, 0.29) is 31.4 Å². The molecule has 140 valence electrons. The predicted molar refractivity (Wildman–Crippen MR) is 89.5 cm³/mol. The maximum Gasteiger partial charge on any atom is 0.328 e. The zero-order chi connectivity index (χ0) is 19.4. The third-order valence-corrected chi connectivity index (χ3v) is 3.06. The number of nitrogens with two attached hydrogens (primary N) is 1. The van der Waals surface area contributed by atoms with Gasteiger partial charge in [0, 0.05) is 31.2 Å². The lowest BCUT2D eigenvalue weighted by molar-refractivity contribution is -0.144. The van der Waals surface area contributed by atoms with Crippen molar-refractivity contribution in [2.45, 2.75) is 44.7 Å². The highest BCUT2D eigenvalue weighted by Gasteiger charge is 2.25. The van der Waals surface area contributed by atoms with Crippen LogP contribution in [0.5, 0.6) is 0 Å². The van der Waals surface area contributed by atoms with Gasteiger partial charge in [-0.3, -0.25) is 19.4 Å². The lowest BCUT2D eigenvalue weighted by Crippen LogP contribution is -2.51. The number of ether oxygens (including phenoxy) is 1. The van der Waals surface area contributed by atoms with E-state index in [0.717, 1.165) is 0 Å². The van der Waals surface area contributed by atoms with Crippen molar-refractivity contribution in [3.05, 3.63) is 11.9 Å². The van der Waals surface area contributed by atoms with Crippen LogP contribution in [-0.2, 0) is 23.9 Å². The quantitative estimate of drug-likeness (QED) is 0.281. The monoisotopic (exact) mass is 356 g/mol. The topological polar surface area (TPSA) is 160 Å². The highest BCUT2D eigenvalue weighted by Crippen LogP contribution is 2.04. The molecule has 2 atom stereocenters. The number of nitrogens with one attached hydrogen (secondary N) is 2. The number of carboxylic acids is 1. The molecule has 0 spiro atoms. The molecule has 0 aliphatic rings. The van der Waals surface area contributed by atoms with Crippen molar-refractivity contribution in [1.29, 1.82) is 0 Å². The zero-order valence-corrected chi connectivity index (χ0v) is 14.3. The second-order valence-electron chi connectivity index (χ2n) is 5.21. The largest absolute Gasteiger partial charge is 0.481 e. The van der Waals surface area contributed by atoms with Gasteiger partial charge in [0.25, 0.3) is 0 Å². The number of methoxy groups -OCH3 is 1. The molecule has 0 radical (unpaired) electrons. The molecule has 0 aliphatic heterocycles. The second kappa shape index (κ2) is 11.6. The van der Waals surface area contributed by atoms with E-state index in [4.69, 9.17) is 10.8 Å². The number of hydrogen-bond acceptors (Lipinski definition) is 7. The summed E-state index contributed by atoms with van der Waals surface area (Å²) >= 11 is 0. The molecule has 0 aromatic heterocycles. The molecule has 0 rings (SSSR count). The van der Waals surface area contributed by atoms with Gasteiger partial charge in [0.05, 0.1) is 7.11 Å². The van der Waals surface area contributed by atoms with Crippen LogP contribution < -0.4 is 16.4 Å². The number of carbonyl (C=O) groups is 4. The Morgan fingerprint density at radius 2 is 1.92 bits per heavy atom. The molecule has 0 heterocycles. The van der Waals surface area contributed by atoms with Crippen molar-refractivity contribution in [3.63, 3.8) is 0 Å². The molecule has 0 bridgehead atoms. The Labute approximate surface area is 145 Å². The SMILES string of the molecule is C=N/C=C(\N)CC(NC(=O)CCCC(=O)O)C(=O)NC(C)C(=O)OC. The van der Waals surface area contributed by atoms with Crippen LogP contribution in [0.15, 0.2) is 16.9 Å². The van der Waals surface area contributed by atoms with Crippen LogP contribution in [0.4, 0.5) is 0 Å². The van der Waals surface area contributed by atoms with Crippen LogP contribution in [0.2, 0.25) is 0 Å². The van der Waals surface area contributed by atoms with Gasteiger partial charge in [0.15, 0.2) is 0 Å². The molecule has 5 N–H and O–H groups in total. The average Bonchev–Trinajstić information content (AvgIpc) is 2.53. The van der Waals surface area contributed by atoms with Crippen LogP contribution in [-0.4, -0.2) is 54.8 Å². The lowest BCUT2D eigenvalue weighted by Gasteiger charge is -2.20. The van der Waals surface area contributed by atoms with E-state index in [1.165, 1.54) is 20.2 Å². The van der Waals surface area contributed by atoms with E-state index < -0.39 is 35.8 Å². The Morgan fingerprint density at radius 1 is 1.28 bits per heavy atom. The fourth-order valence-electron chi connectivity index (χ4n) is 1.83. The van der Waals surface area contributed by atoms with E-state index in [2.05, 4.69) is 27.1 Å². The third-order valence-electron chi connectivity index (χ3n) is 3.06. The molecule has 2 unspecified atom stereocenters. The predicted octanol–water partition coefficient (Wildman–Crippen LogP) is -0.705. The number of hydrogen-bond donors (Lipinski definition) is 4. The molecule has 10 nitrogen and oxygen atoms in total. The Balaban J connectivity index is 4.90. The number of carbonyl (C=O) groups excluding carboxylic acids is 3. The molecule has 0 saturated heterocycles. The van der Waals surface area contributed by atoms with Gasteiger partial charge in [-0.25, -0.2) is 4.79 Å². The lowest BCUT2D eigenvalue weighted by atomic mass is 10.1. The summed E-state index contributed by atoms with van der Waals surface area (Å²) in [4.78, 5) is 49.5. The molecule has 0 aromatic rings. The van der Waals surface area contributed by atoms with E-state index in [1.54, 1.807) is 0 Å². The summed E-state index contributed by atoms with van der Waals surface area (Å²) in [5.74, 6) is -2.80. The molecule has 10 heteroatoms. The van der Waals surface area contributed by atoms with Crippen LogP contribution in [0, 0.1) is 0 Å². The first-order valence-corrected chi connectivity index (χ1v) is 7.51. The highest BCUT2D eigenvalue weighted by molar-refractivity contribution is 5.90. The third kappa shape index (κ3) is 9.74. The Hall–Kier alpha value is -2.91. The first-order chi connectivity index (χ1) is 11.7. The van der Waals surface area contributed by atoms with E-state index in [0.29, 0.717) is 0 Å². The molecule has 0 fully saturated rings. The standard InChI is InChI=1S/C15H24N4O6/c1-9(15(24)25-3)18-14(23)11(7-10(16)8-17-2)19-12(20)5-4-6-13(21)22/h8-9,11H,2,4-7,16H2,1,3H3,(H,18,23)(H,19,20)(H,21,22)/b10-8-. The highest BCUT2D eigenvalue weighted by atomic mass is 16.5.